The van der Waals surface area contributed by atoms with Crippen LogP contribution in [0.2, 0.25) is 0 Å². The van der Waals surface area contributed by atoms with Crippen molar-refractivity contribution in [3.8, 4) is 0 Å². The van der Waals surface area contributed by atoms with Gasteiger partial charge in [0, 0.05) is 32.0 Å². The molecule has 0 aromatic heterocycles. The summed E-state index contributed by atoms with van der Waals surface area (Å²) in [5.41, 5.74) is 0.426. The molecule has 25 heavy (non-hydrogen) atoms. The largest absolute Gasteiger partial charge is 0.340 e. The van der Waals surface area contributed by atoms with E-state index in [1.54, 1.807) is 18.2 Å². The molecule has 5 heteroatoms. The Morgan fingerprint density at radius 3 is 2.60 bits per heavy atom. The van der Waals surface area contributed by atoms with Crippen molar-refractivity contribution in [3.63, 3.8) is 0 Å². The van der Waals surface area contributed by atoms with E-state index in [1.165, 1.54) is 6.07 Å². The molecule has 2 fully saturated rings. The van der Waals surface area contributed by atoms with Crippen molar-refractivity contribution in [2.45, 2.75) is 51.5 Å². The zero-order valence-electron chi connectivity index (χ0n) is 15.1. The van der Waals surface area contributed by atoms with E-state index in [9.17, 15) is 14.0 Å². The fourth-order valence-electron chi connectivity index (χ4n) is 4.05. The van der Waals surface area contributed by atoms with Crippen LogP contribution in [0.5, 0.6) is 0 Å². The standard InChI is InChI=1S/C20H27FN2O2/c1-15(2)19(25)23-13-11-20(23)10-5-12-22(14-20)18(24)9-8-16-6-3-4-7-17(16)21/h3-4,6-7,15H,5,8-14H2,1-2H3. The average molecular weight is 346 g/mol. The molecule has 0 saturated carbocycles. The Morgan fingerprint density at radius 2 is 1.96 bits per heavy atom. The van der Waals surface area contributed by atoms with E-state index in [2.05, 4.69) is 0 Å². The van der Waals surface area contributed by atoms with Crippen molar-refractivity contribution in [2.24, 2.45) is 5.92 Å². The third-order valence-electron chi connectivity index (χ3n) is 5.61. The lowest BCUT2D eigenvalue weighted by molar-refractivity contribution is -0.160. The number of hydrogen-bond donors (Lipinski definition) is 0. The summed E-state index contributed by atoms with van der Waals surface area (Å²) in [7, 11) is 0. The topological polar surface area (TPSA) is 40.6 Å². The molecule has 1 spiro atoms. The number of halogens is 1. The average Bonchev–Trinajstić information content (AvgIpc) is 2.59. The minimum absolute atomic E-state index is 0.00990. The summed E-state index contributed by atoms with van der Waals surface area (Å²) in [6.07, 6.45) is 3.61. The van der Waals surface area contributed by atoms with Crippen LogP contribution >= 0.6 is 0 Å². The van der Waals surface area contributed by atoms with Gasteiger partial charge in [-0.25, -0.2) is 4.39 Å². The Kier molecular flexibility index (Phi) is 5.11. The van der Waals surface area contributed by atoms with E-state index in [0.29, 0.717) is 24.9 Å². The molecular weight excluding hydrogens is 319 g/mol. The molecule has 2 heterocycles. The predicted molar refractivity (Wildman–Crippen MR) is 94.4 cm³/mol. The van der Waals surface area contributed by atoms with Gasteiger partial charge in [-0.15, -0.1) is 0 Å². The van der Waals surface area contributed by atoms with Gasteiger partial charge in [0.05, 0.1) is 5.54 Å². The van der Waals surface area contributed by atoms with Crippen LogP contribution in [0.1, 0.15) is 45.1 Å². The molecule has 0 aliphatic carbocycles. The van der Waals surface area contributed by atoms with Crippen molar-refractivity contribution >= 4 is 11.8 Å². The van der Waals surface area contributed by atoms with Crippen LogP contribution in [-0.4, -0.2) is 46.8 Å². The number of carbonyl (C=O) groups is 2. The van der Waals surface area contributed by atoms with E-state index in [4.69, 9.17) is 0 Å². The molecule has 2 aliphatic rings. The Morgan fingerprint density at radius 1 is 1.20 bits per heavy atom. The maximum Gasteiger partial charge on any atom is 0.225 e. The second-order valence-corrected chi connectivity index (χ2v) is 7.63. The molecule has 0 N–H and O–H groups in total. The fraction of sp³-hybridized carbons (Fsp3) is 0.600. The van der Waals surface area contributed by atoms with E-state index in [-0.39, 0.29) is 29.1 Å². The smallest absolute Gasteiger partial charge is 0.225 e. The number of aryl methyl sites for hydroxylation is 1. The number of carbonyl (C=O) groups excluding carboxylic acids is 2. The Hall–Kier alpha value is -1.91. The second-order valence-electron chi connectivity index (χ2n) is 7.63. The predicted octanol–water partition coefficient (Wildman–Crippen LogP) is 3.01. The number of nitrogens with zero attached hydrogens (tertiary/aromatic N) is 2. The van der Waals surface area contributed by atoms with Gasteiger partial charge in [-0.1, -0.05) is 32.0 Å². The summed E-state index contributed by atoms with van der Waals surface area (Å²) in [4.78, 5) is 28.9. The maximum atomic E-state index is 13.7. The highest BCUT2D eigenvalue weighted by atomic mass is 19.1. The van der Waals surface area contributed by atoms with Gasteiger partial charge in [-0.05, 0) is 37.3 Å². The minimum atomic E-state index is -0.252. The summed E-state index contributed by atoms with van der Waals surface area (Å²) in [5, 5.41) is 0. The number of rotatable bonds is 4. The molecule has 4 nitrogen and oxygen atoms in total. The van der Waals surface area contributed by atoms with Gasteiger partial charge in [0.25, 0.3) is 0 Å². The second kappa shape index (κ2) is 7.14. The van der Waals surface area contributed by atoms with Gasteiger partial charge in [-0.3, -0.25) is 9.59 Å². The number of piperidine rings is 1. The molecule has 1 aromatic rings. The highest BCUT2D eigenvalue weighted by Gasteiger charge is 2.50. The highest BCUT2D eigenvalue weighted by molar-refractivity contribution is 5.81. The maximum absolute atomic E-state index is 13.7. The SMILES string of the molecule is CC(C)C(=O)N1CCC12CCCN(C(=O)CCc1ccccc1F)C2. The third kappa shape index (κ3) is 3.55. The molecule has 136 valence electrons. The molecular formula is C20H27FN2O2. The number of likely N-dealkylation sites (tertiary alicyclic amines) is 2. The molecule has 0 radical (unpaired) electrons. The van der Waals surface area contributed by atoms with Gasteiger partial charge in [-0.2, -0.15) is 0 Å². The molecule has 1 aromatic carbocycles. The van der Waals surface area contributed by atoms with Crippen LogP contribution in [0, 0.1) is 11.7 Å². The molecule has 2 amide bonds. The molecule has 1 atom stereocenters. The van der Waals surface area contributed by atoms with E-state index < -0.39 is 0 Å². The van der Waals surface area contributed by atoms with Crippen LogP contribution in [-0.2, 0) is 16.0 Å². The summed E-state index contributed by atoms with van der Waals surface area (Å²) < 4.78 is 13.7. The zero-order chi connectivity index (χ0) is 18.0. The quantitative estimate of drug-likeness (QED) is 0.841. The number of amides is 2. The molecule has 2 aliphatic heterocycles. The van der Waals surface area contributed by atoms with E-state index in [1.807, 2.05) is 23.6 Å². The first-order chi connectivity index (χ1) is 11.9. The highest BCUT2D eigenvalue weighted by Crippen LogP contribution is 2.39. The number of hydrogen-bond acceptors (Lipinski definition) is 2. The first-order valence-electron chi connectivity index (χ1n) is 9.26. The van der Waals surface area contributed by atoms with Gasteiger partial charge in [0.15, 0.2) is 0 Å². The minimum Gasteiger partial charge on any atom is -0.340 e. The normalized spacial score (nSPS) is 23.0. The van der Waals surface area contributed by atoms with Crippen LogP contribution in [0.25, 0.3) is 0 Å². The van der Waals surface area contributed by atoms with Gasteiger partial charge < -0.3 is 9.80 Å². The summed E-state index contributed by atoms with van der Waals surface area (Å²) in [5.74, 6) is -0.0134. The Balaban J connectivity index is 1.60. The lowest BCUT2D eigenvalue weighted by Crippen LogP contribution is -2.69. The van der Waals surface area contributed by atoms with Gasteiger partial charge >= 0.3 is 0 Å². The first-order valence-corrected chi connectivity index (χ1v) is 9.26. The molecule has 3 rings (SSSR count). The van der Waals surface area contributed by atoms with Crippen LogP contribution < -0.4 is 0 Å². The lowest BCUT2D eigenvalue weighted by Gasteiger charge is -2.57. The van der Waals surface area contributed by atoms with Crippen LogP contribution in [0.15, 0.2) is 24.3 Å². The summed E-state index contributed by atoms with van der Waals surface area (Å²) in [6, 6.07) is 6.61. The van der Waals surface area contributed by atoms with Crippen LogP contribution in [0.3, 0.4) is 0 Å². The van der Waals surface area contributed by atoms with E-state index in [0.717, 1.165) is 32.4 Å². The number of benzene rings is 1. The summed E-state index contributed by atoms with van der Waals surface area (Å²) in [6.45, 7) is 6.01. The summed E-state index contributed by atoms with van der Waals surface area (Å²) >= 11 is 0. The third-order valence-corrected chi connectivity index (χ3v) is 5.61. The lowest BCUT2D eigenvalue weighted by atomic mass is 9.77. The Bertz CT molecular complexity index is 661. The van der Waals surface area contributed by atoms with Crippen molar-refractivity contribution in [1.29, 1.82) is 0 Å². The molecule has 2 saturated heterocycles. The van der Waals surface area contributed by atoms with Gasteiger partial charge in [0.2, 0.25) is 11.8 Å². The van der Waals surface area contributed by atoms with Crippen molar-refractivity contribution in [2.75, 3.05) is 19.6 Å². The molecule has 0 bridgehead atoms. The van der Waals surface area contributed by atoms with Crippen molar-refractivity contribution in [3.05, 3.63) is 35.6 Å². The van der Waals surface area contributed by atoms with Crippen LogP contribution in [0.4, 0.5) is 4.39 Å². The fourth-order valence-corrected chi connectivity index (χ4v) is 4.05. The zero-order valence-corrected chi connectivity index (χ0v) is 15.1. The van der Waals surface area contributed by atoms with Gasteiger partial charge in [0.1, 0.15) is 5.82 Å². The van der Waals surface area contributed by atoms with Crippen molar-refractivity contribution in [1.82, 2.24) is 9.80 Å². The Labute approximate surface area is 149 Å². The van der Waals surface area contributed by atoms with E-state index >= 15 is 0 Å². The molecule has 1 unspecified atom stereocenters. The first kappa shape index (κ1) is 17.9. The monoisotopic (exact) mass is 346 g/mol. The van der Waals surface area contributed by atoms with Crippen molar-refractivity contribution < 1.29 is 14.0 Å².